The lowest BCUT2D eigenvalue weighted by molar-refractivity contribution is 0.648. The van der Waals surface area contributed by atoms with Crippen molar-refractivity contribution in [3.63, 3.8) is 0 Å². The van der Waals surface area contributed by atoms with Gasteiger partial charge in [0.15, 0.2) is 0 Å². The van der Waals surface area contributed by atoms with Crippen LogP contribution in [0.25, 0.3) is 10.4 Å². The maximum atomic E-state index is 6.11. The number of hydrogen-bond acceptors (Lipinski definition) is 2. The van der Waals surface area contributed by atoms with Gasteiger partial charge >= 0.3 is 0 Å². The van der Waals surface area contributed by atoms with Crippen LogP contribution in [0.2, 0.25) is 5.02 Å². The Bertz CT molecular complexity index is 475. The van der Waals surface area contributed by atoms with Gasteiger partial charge in [0.25, 0.3) is 0 Å². The van der Waals surface area contributed by atoms with Crippen molar-refractivity contribution in [2.24, 2.45) is 5.73 Å². The van der Waals surface area contributed by atoms with Crippen LogP contribution in [0, 0.1) is 0 Å². The molecule has 2 aromatic rings. The monoisotopic (exact) mass is 265 g/mol. The molecular weight excluding hydrogens is 250 g/mol. The Kier molecular flexibility index (Phi) is 4.21. The van der Waals surface area contributed by atoms with E-state index in [2.05, 4.69) is 19.1 Å². The van der Waals surface area contributed by atoms with Crippen molar-refractivity contribution in [3.05, 3.63) is 46.3 Å². The summed E-state index contributed by atoms with van der Waals surface area (Å²) in [6.07, 6.45) is 2.16. The summed E-state index contributed by atoms with van der Waals surface area (Å²) in [4.78, 5) is 2.51. The van der Waals surface area contributed by atoms with Gasteiger partial charge in [0.05, 0.1) is 0 Å². The minimum absolute atomic E-state index is 0.172. The number of thiophene rings is 1. The first-order chi connectivity index (χ1) is 8.20. The minimum Gasteiger partial charge on any atom is -0.323 e. The standard InChI is InChI=1S/C14H16ClNS/c1-2-3-12(16)14-9-8-13(17-14)10-4-6-11(15)7-5-10/h4-9,12H,2-3,16H2,1H3. The first-order valence-electron chi connectivity index (χ1n) is 5.82. The highest BCUT2D eigenvalue weighted by atomic mass is 35.5. The molecule has 1 aromatic heterocycles. The number of rotatable bonds is 4. The molecule has 1 atom stereocenters. The molecule has 1 nitrogen and oxygen atoms in total. The molecule has 17 heavy (non-hydrogen) atoms. The van der Waals surface area contributed by atoms with Crippen molar-refractivity contribution in [2.45, 2.75) is 25.8 Å². The lowest BCUT2D eigenvalue weighted by Crippen LogP contribution is -2.07. The van der Waals surface area contributed by atoms with E-state index in [1.165, 1.54) is 15.3 Å². The van der Waals surface area contributed by atoms with Crippen molar-refractivity contribution >= 4 is 22.9 Å². The molecule has 1 heterocycles. The maximum Gasteiger partial charge on any atom is 0.0406 e. The fourth-order valence-electron chi connectivity index (χ4n) is 1.77. The third-order valence-electron chi connectivity index (χ3n) is 2.72. The summed E-state index contributed by atoms with van der Waals surface area (Å²) >= 11 is 7.65. The molecule has 3 heteroatoms. The van der Waals surface area contributed by atoms with E-state index in [4.69, 9.17) is 17.3 Å². The summed E-state index contributed by atoms with van der Waals surface area (Å²) in [5.41, 5.74) is 7.31. The predicted octanol–water partition coefficient (Wildman–Crippen LogP) is 4.87. The van der Waals surface area contributed by atoms with E-state index in [9.17, 15) is 0 Å². The van der Waals surface area contributed by atoms with Gasteiger partial charge in [0, 0.05) is 20.8 Å². The van der Waals surface area contributed by atoms with Crippen molar-refractivity contribution in [1.29, 1.82) is 0 Å². The Hall–Kier alpha value is -0.830. The van der Waals surface area contributed by atoms with Gasteiger partial charge in [-0.05, 0) is 36.2 Å². The third-order valence-corrected chi connectivity index (χ3v) is 4.24. The van der Waals surface area contributed by atoms with Crippen molar-refractivity contribution in [3.8, 4) is 10.4 Å². The molecule has 2 rings (SSSR count). The zero-order valence-electron chi connectivity index (χ0n) is 9.82. The predicted molar refractivity (Wildman–Crippen MR) is 76.6 cm³/mol. The van der Waals surface area contributed by atoms with E-state index in [0.29, 0.717) is 0 Å². The average molecular weight is 266 g/mol. The van der Waals surface area contributed by atoms with Crippen molar-refractivity contribution < 1.29 is 0 Å². The molecule has 0 aliphatic heterocycles. The molecule has 0 bridgehead atoms. The van der Waals surface area contributed by atoms with Crippen LogP contribution in [0.3, 0.4) is 0 Å². The van der Waals surface area contributed by atoms with Crippen molar-refractivity contribution in [2.75, 3.05) is 0 Å². The zero-order valence-corrected chi connectivity index (χ0v) is 11.4. The summed E-state index contributed by atoms with van der Waals surface area (Å²) in [7, 11) is 0. The molecule has 0 saturated carbocycles. The Morgan fingerprint density at radius 3 is 2.53 bits per heavy atom. The smallest absolute Gasteiger partial charge is 0.0406 e. The van der Waals surface area contributed by atoms with E-state index in [1.54, 1.807) is 11.3 Å². The Balaban J connectivity index is 2.20. The Morgan fingerprint density at radius 2 is 1.88 bits per heavy atom. The largest absolute Gasteiger partial charge is 0.323 e. The average Bonchev–Trinajstić information content (AvgIpc) is 2.80. The molecular formula is C14H16ClNS. The fraction of sp³-hybridized carbons (Fsp3) is 0.286. The van der Waals surface area contributed by atoms with E-state index in [1.807, 2.05) is 24.3 Å². The quantitative estimate of drug-likeness (QED) is 0.839. The Morgan fingerprint density at radius 1 is 1.18 bits per heavy atom. The van der Waals surface area contributed by atoms with Crippen LogP contribution >= 0.6 is 22.9 Å². The van der Waals surface area contributed by atoms with Gasteiger partial charge in [0.1, 0.15) is 0 Å². The van der Waals surface area contributed by atoms with Gasteiger partial charge in [0.2, 0.25) is 0 Å². The van der Waals surface area contributed by atoms with Gasteiger partial charge in [-0.2, -0.15) is 0 Å². The number of halogens is 1. The van der Waals surface area contributed by atoms with E-state index >= 15 is 0 Å². The molecule has 0 radical (unpaired) electrons. The highest BCUT2D eigenvalue weighted by molar-refractivity contribution is 7.15. The molecule has 0 aliphatic rings. The fourth-order valence-corrected chi connectivity index (χ4v) is 2.95. The highest BCUT2D eigenvalue weighted by Gasteiger charge is 2.09. The van der Waals surface area contributed by atoms with Gasteiger partial charge in [-0.15, -0.1) is 11.3 Å². The molecule has 0 fully saturated rings. The molecule has 1 unspecified atom stereocenters. The maximum absolute atomic E-state index is 6.11. The van der Waals surface area contributed by atoms with Gasteiger partial charge in [-0.3, -0.25) is 0 Å². The van der Waals surface area contributed by atoms with Crippen LogP contribution in [0.1, 0.15) is 30.7 Å². The SMILES string of the molecule is CCCC(N)c1ccc(-c2ccc(Cl)cc2)s1. The number of nitrogens with two attached hydrogens (primary N) is 1. The van der Waals surface area contributed by atoms with Gasteiger partial charge < -0.3 is 5.73 Å². The van der Waals surface area contributed by atoms with E-state index in [0.717, 1.165) is 17.9 Å². The molecule has 0 amide bonds. The zero-order chi connectivity index (χ0) is 12.3. The molecule has 0 spiro atoms. The first kappa shape index (κ1) is 12.6. The Labute approximate surface area is 111 Å². The van der Waals surface area contributed by atoms with Crippen LogP contribution in [0.4, 0.5) is 0 Å². The van der Waals surface area contributed by atoms with Crippen molar-refractivity contribution in [1.82, 2.24) is 0 Å². The summed E-state index contributed by atoms with van der Waals surface area (Å²) in [5, 5.41) is 0.771. The molecule has 90 valence electrons. The summed E-state index contributed by atoms with van der Waals surface area (Å²) in [6.45, 7) is 2.16. The third kappa shape index (κ3) is 3.09. The van der Waals surface area contributed by atoms with E-state index in [-0.39, 0.29) is 6.04 Å². The lowest BCUT2D eigenvalue weighted by Gasteiger charge is -2.06. The lowest BCUT2D eigenvalue weighted by atomic mass is 10.1. The number of hydrogen-bond donors (Lipinski definition) is 1. The topological polar surface area (TPSA) is 26.0 Å². The normalized spacial score (nSPS) is 12.6. The second kappa shape index (κ2) is 5.67. The molecule has 1 aromatic carbocycles. The second-order valence-electron chi connectivity index (χ2n) is 4.10. The first-order valence-corrected chi connectivity index (χ1v) is 7.01. The molecule has 0 saturated heterocycles. The summed E-state index contributed by atoms with van der Waals surface area (Å²) < 4.78 is 0. The van der Waals surface area contributed by atoms with Crippen LogP contribution < -0.4 is 5.73 Å². The van der Waals surface area contributed by atoms with Crippen LogP contribution in [-0.4, -0.2) is 0 Å². The van der Waals surface area contributed by atoms with E-state index < -0.39 is 0 Å². The van der Waals surface area contributed by atoms with Gasteiger partial charge in [-0.1, -0.05) is 37.1 Å². The summed E-state index contributed by atoms with van der Waals surface area (Å²) in [5.74, 6) is 0. The van der Waals surface area contributed by atoms with Crippen LogP contribution in [0.5, 0.6) is 0 Å². The van der Waals surface area contributed by atoms with Crippen LogP contribution in [0.15, 0.2) is 36.4 Å². The molecule has 2 N–H and O–H groups in total. The second-order valence-corrected chi connectivity index (χ2v) is 5.66. The highest BCUT2D eigenvalue weighted by Crippen LogP contribution is 2.32. The van der Waals surface area contributed by atoms with Gasteiger partial charge in [-0.25, -0.2) is 0 Å². The molecule has 0 aliphatic carbocycles. The minimum atomic E-state index is 0.172. The summed E-state index contributed by atoms with van der Waals surface area (Å²) in [6, 6.07) is 12.4. The van der Waals surface area contributed by atoms with Crippen LogP contribution in [-0.2, 0) is 0 Å². The number of benzene rings is 1.